The number of benzene rings is 1. The summed E-state index contributed by atoms with van der Waals surface area (Å²) >= 11 is 3.56. The van der Waals surface area contributed by atoms with Gasteiger partial charge in [-0.2, -0.15) is 0 Å². The Morgan fingerprint density at radius 3 is 1.80 bits per heavy atom. The van der Waals surface area contributed by atoms with Gasteiger partial charge in [-0.1, -0.05) is 6.07 Å². The fourth-order valence-electron chi connectivity index (χ4n) is 0.489. The van der Waals surface area contributed by atoms with Crippen molar-refractivity contribution in [1.82, 2.24) is 0 Å². The summed E-state index contributed by atoms with van der Waals surface area (Å²) in [6.07, 6.45) is 0. The summed E-state index contributed by atoms with van der Waals surface area (Å²) in [6.45, 7) is 0. The Balaban J connectivity index is 0.000000810. The Morgan fingerprint density at radius 1 is 1.10 bits per heavy atom. The van der Waals surface area contributed by atoms with Gasteiger partial charge in [-0.15, -0.1) is 12.6 Å². The third-order valence-corrected chi connectivity index (χ3v) is 1.36. The van der Waals surface area contributed by atoms with E-state index in [1.165, 1.54) is 6.07 Å². The molecule has 0 N–H and O–H groups in total. The van der Waals surface area contributed by atoms with Gasteiger partial charge in [0.2, 0.25) is 0 Å². The molecule has 4 heteroatoms. The molecular weight excluding hydrogens is 208 g/mol. The van der Waals surface area contributed by atoms with E-state index >= 15 is 0 Å². The van der Waals surface area contributed by atoms with Gasteiger partial charge < -0.3 is 0 Å². The molecule has 0 saturated heterocycles. The molecule has 0 unspecified atom stereocenters. The van der Waals surface area contributed by atoms with Crippen LogP contribution in [0.2, 0.25) is 0 Å². The van der Waals surface area contributed by atoms with Crippen LogP contribution < -0.4 is 0 Å². The van der Waals surface area contributed by atoms with Crippen LogP contribution in [0.1, 0.15) is 0 Å². The average molecular weight is 212 g/mol. The first-order valence-electron chi connectivity index (χ1n) is 2.35. The maximum Gasteiger partial charge on any atom is 0.139 e. The predicted molar refractivity (Wildman–Crippen MR) is 33.6 cm³/mol. The molecule has 0 aliphatic carbocycles. The molecule has 0 fully saturated rings. The molecule has 0 aliphatic heterocycles. The van der Waals surface area contributed by atoms with Gasteiger partial charge in [0.05, 0.1) is 4.90 Å². The second-order valence-electron chi connectivity index (χ2n) is 1.57. The minimum Gasteiger partial charge on any atom is -0.206 e. The Hall–Kier alpha value is 0.0534. The van der Waals surface area contributed by atoms with Gasteiger partial charge >= 0.3 is 0 Å². The Morgan fingerprint density at radius 2 is 1.50 bits per heavy atom. The van der Waals surface area contributed by atoms with E-state index in [1.807, 2.05) is 0 Å². The van der Waals surface area contributed by atoms with Crippen molar-refractivity contribution in [2.45, 2.75) is 4.90 Å². The minimum absolute atomic E-state index is 0. The molecule has 0 aromatic heterocycles. The first kappa shape index (κ1) is 10.1. The molecule has 0 radical (unpaired) electrons. The molecule has 0 amide bonds. The van der Waals surface area contributed by atoms with Crippen molar-refractivity contribution < 1.29 is 28.3 Å². The second-order valence-corrected chi connectivity index (χ2v) is 2.02. The van der Waals surface area contributed by atoms with Crippen molar-refractivity contribution in [2.75, 3.05) is 0 Å². The molecule has 0 aliphatic rings. The van der Waals surface area contributed by atoms with E-state index in [2.05, 4.69) is 12.6 Å². The van der Waals surface area contributed by atoms with E-state index in [-0.39, 0.29) is 24.4 Å². The van der Waals surface area contributed by atoms with Crippen LogP contribution in [0, 0.1) is 11.6 Å². The first-order chi connectivity index (χ1) is 4.22. The quantitative estimate of drug-likeness (QED) is 0.494. The molecule has 0 bridgehead atoms. The maximum absolute atomic E-state index is 12.3. The van der Waals surface area contributed by atoms with Crippen LogP contribution in [0.4, 0.5) is 8.78 Å². The topological polar surface area (TPSA) is 0 Å². The van der Waals surface area contributed by atoms with Crippen LogP contribution in [0.25, 0.3) is 0 Å². The molecule has 50 valence electrons. The van der Waals surface area contributed by atoms with E-state index in [4.69, 9.17) is 0 Å². The maximum atomic E-state index is 12.3. The number of thiol groups is 1. The van der Waals surface area contributed by atoms with E-state index in [0.717, 1.165) is 12.1 Å². The van der Waals surface area contributed by atoms with Gasteiger partial charge in [-0.25, -0.2) is 8.78 Å². The average Bonchev–Trinajstić information content (AvgIpc) is 1.83. The van der Waals surface area contributed by atoms with Gasteiger partial charge in [0.1, 0.15) is 11.6 Å². The molecule has 0 heterocycles. The Kier molecular flexibility index (Phi) is 4.06. The molecule has 0 atom stereocenters. The Labute approximate surface area is 75.8 Å². The summed E-state index contributed by atoms with van der Waals surface area (Å²) in [6, 6.07) is 3.61. The summed E-state index contributed by atoms with van der Waals surface area (Å²) in [5.41, 5.74) is 0. The number of hydrogen-bond acceptors (Lipinski definition) is 1. The molecule has 10 heavy (non-hydrogen) atoms. The van der Waals surface area contributed by atoms with Gasteiger partial charge in [0, 0.05) is 19.5 Å². The van der Waals surface area contributed by atoms with Crippen molar-refractivity contribution in [1.29, 1.82) is 0 Å². The second kappa shape index (κ2) is 4.04. The van der Waals surface area contributed by atoms with E-state index in [9.17, 15) is 8.78 Å². The molecule has 1 aromatic rings. The third kappa shape index (κ3) is 2.03. The van der Waals surface area contributed by atoms with Crippen LogP contribution >= 0.6 is 12.6 Å². The summed E-state index contributed by atoms with van der Waals surface area (Å²) in [5, 5.41) is 0. The van der Waals surface area contributed by atoms with Gasteiger partial charge in [-0.05, 0) is 12.1 Å². The molecule has 0 spiro atoms. The van der Waals surface area contributed by atoms with Crippen LogP contribution in [0.3, 0.4) is 0 Å². The molecule has 1 aromatic carbocycles. The Bertz CT molecular complexity index is 207. The van der Waals surface area contributed by atoms with Gasteiger partial charge in [0.25, 0.3) is 0 Å². The monoisotopic (exact) mass is 210 g/mol. The summed E-state index contributed by atoms with van der Waals surface area (Å²) in [5.74, 6) is -1.25. The van der Waals surface area contributed by atoms with Crippen molar-refractivity contribution in [2.24, 2.45) is 0 Å². The van der Waals surface area contributed by atoms with Crippen LogP contribution in [0.15, 0.2) is 23.1 Å². The van der Waals surface area contributed by atoms with Crippen LogP contribution in [0.5, 0.6) is 0 Å². The first-order valence-corrected chi connectivity index (χ1v) is 2.79. The standard InChI is InChI=1S/C6H4F2S.Zn/c7-4-2-1-3-5(8)6(4)9;/h1-3,9H;. The van der Waals surface area contributed by atoms with E-state index in [1.54, 1.807) is 0 Å². The van der Waals surface area contributed by atoms with Gasteiger partial charge in [-0.3, -0.25) is 0 Å². The summed E-state index contributed by atoms with van der Waals surface area (Å²) < 4.78 is 24.5. The number of hydrogen-bond donors (Lipinski definition) is 1. The van der Waals surface area contributed by atoms with Crippen molar-refractivity contribution in [3.8, 4) is 0 Å². The zero-order valence-corrected chi connectivity index (χ0v) is 9.00. The predicted octanol–water partition coefficient (Wildman–Crippen LogP) is 2.25. The van der Waals surface area contributed by atoms with Crippen LogP contribution in [-0.4, -0.2) is 0 Å². The fraction of sp³-hybridized carbons (Fsp3) is 0. The fourth-order valence-corrected chi connectivity index (χ4v) is 0.638. The largest absolute Gasteiger partial charge is 0.206 e. The SMILES string of the molecule is Fc1cccc(F)c1S.[Zn]. The van der Waals surface area contributed by atoms with Crippen molar-refractivity contribution >= 4 is 12.6 Å². The van der Waals surface area contributed by atoms with Crippen molar-refractivity contribution in [3.05, 3.63) is 29.8 Å². The molecule has 0 saturated carbocycles. The minimum atomic E-state index is -0.627. The smallest absolute Gasteiger partial charge is 0.139 e. The zero-order valence-electron chi connectivity index (χ0n) is 5.14. The summed E-state index contributed by atoms with van der Waals surface area (Å²) in [4.78, 5) is -0.225. The third-order valence-electron chi connectivity index (χ3n) is 0.938. The molecule has 0 nitrogen and oxygen atoms in total. The van der Waals surface area contributed by atoms with Gasteiger partial charge in [0.15, 0.2) is 0 Å². The normalized spacial score (nSPS) is 8.70. The molecule has 1 rings (SSSR count). The summed E-state index contributed by atoms with van der Waals surface area (Å²) in [7, 11) is 0. The van der Waals surface area contributed by atoms with E-state index in [0.29, 0.717) is 0 Å². The number of halogens is 2. The van der Waals surface area contributed by atoms with E-state index < -0.39 is 11.6 Å². The van der Waals surface area contributed by atoms with Crippen LogP contribution in [-0.2, 0) is 19.5 Å². The zero-order chi connectivity index (χ0) is 6.85. The van der Waals surface area contributed by atoms with Crippen molar-refractivity contribution in [3.63, 3.8) is 0 Å². The number of rotatable bonds is 0. The molecular formula is C6H4F2SZn.